The molecule has 0 spiro atoms. The average Bonchev–Trinajstić information content (AvgIpc) is 2.26. The van der Waals surface area contributed by atoms with Crippen LogP contribution in [-0.2, 0) is 0 Å². The maximum atomic E-state index is 12.9. The fraction of sp³-hybridized carbons (Fsp3) is 0.895. The number of rotatable bonds is 9. The largest absolute Gasteiger partial charge is 0.390 e. The van der Waals surface area contributed by atoms with Crippen LogP contribution in [0.5, 0.6) is 0 Å². The SMILES string of the molecule is C.C=C.CC(C)(O)CC(C)(C)CNCC(C)(C)CC(C)(C)SF. The van der Waals surface area contributed by atoms with Gasteiger partial charge in [-0.05, 0) is 51.4 Å². The Morgan fingerprint density at radius 1 is 0.870 bits per heavy atom. The van der Waals surface area contributed by atoms with Crippen molar-refractivity contribution in [1.29, 1.82) is 0 Å². The monoisotopic (exact) mass is 351 g/mol. The second-order valence-corrected chi connectivity index (χ2v) is 10.2. The summed E-state index contributed by atoms with van der Waals surface area (Å²) < 4.78 is 12.5. The molecule has 2 N–H and O–H groups in total. The molecule has 0 aliphatic heterocycles. The molecular weight excluding hydrogens is 309 g/mol. The van der Waals surface area contributed by atoms with E-state index in [0.29, 0.717) is 12.1 Å². The molecule has 0 fully saturated rings. The van der Waals surface area contributed by atoms with E-state index in [9.17, 15) is 8.99 Å². The summed E-state index contributed by atoms with van der Waals surface area (Å²) in [6.07, 6.45) is 1.57. The van der Waals surface area contributed by atoms with Gasteiger partial charge in [0.1, 0.15) is 0 Å². The Balaban J connectivity index is -0.00000128. The molecule has 0 aromatic heterocycles. The van der Waals surface area contributed by atoms with E-state index in [4.69, 9.17) is 0 Å². The van der Waals surface area contributed by atoms with Crippen LogP contribution in [0.15, 0.2) is 13.2 Å². The van der Waals surface area contributed by atoms with Gasteiger partial charge in [0, 0.05) is 17.8 Å². The maximum absolute atomic E-state index is 12.9. The first-order valence-corrected chi connectivity index (χ1v) is 8.63. The van der Waals surface area contributed by atoms with E-state index in [-0.39, 0.29) is 23.0 Å². The Hall–Kier alpha value is -0.0600. The van der Waals surface area contributed by atoms with Crippen LogP contribution >= 0.6 is 12.1 Å². The van der Waals surface area contributed by atoms with Gasteiger partial charge in [-0.25, -0.2) is 0 Å². The standard InChI is InChI=1S/C16H34FNOS.C2H4.CH4/c1-13(2,9-15(5,6)19)11-18-12-14(3,4)10-16(7,8)20-17;1-2;/h18-19H,9-12H2,1-8H3;1-2H2;1H4. The quantitative estimate of drug-likeness (QED) is 0.499. The average molecular weight is 352 g/mol. The van der Waals surface area contributed by atoms with E-state index in [1.165, 1.54) is 0 Å². The molecule has 0 aromatic rings. The zero-order valence-electron chi connectivity index (χ0n) is 16.0. The second-order valence-electron chi connectivity index (χ2n) is 8.93. The van der Waals surface area contributed by atoms with Crippen molar-refractivity contribution in [2.75, 3.05) is 13.1 Å². The molecule has 0 bridgehead atoms. The Morgan fingerprint density at radius 2 is 1.22 bits per heavy atom. The first kappa shape index (κ1) is 27.8. The van der Waals surface area contributed by atoms with Crippen molar-refractivity contribution < 1.29 is 8.99 Å². The van der Waals surface area contributed by atoms with Gasteiger partial charge in [0.2, 0.25) is 0 Å². The Labute approximate surface area is 150 Å². The van der Waals surface area contributed by atoms with Gasteiger partial charge in [0.05, 0.1) is 17.7 Å². The van der Waals surface area contributed by atoms with E-state index in [1.54, 1.807) is 0 Å². The summed E-state index contributed by atoms with van der Waals surface area (Å²) in [6, 6.07) is 0. The van der Waals surface area contributed by atoms with E-state index in [1.807, 2.05) is 27.7 Å². The first-order chi connectivity index (χ1) is 9.68. The van der Waals surface area contributed by atoms with E-state index in [0.717, 1.165) is 25.9 Å². The minimum atomic E-state index is -0.645. The third kappa shape index (κ3) is 16.6. The van der Waals surface area contributed by atoms with E-state index in [2.05, 4.69) is 46.2 Å². The lowest BCUT2D eigenvalue weighted by Gasteiger charge is -2.35. The Kier molecular flexibility index (Phi) is 13.0. The highest BCUT2D eigenvalue weighted by molar-refractivity contribution is 7.95. The highest BCUT2D eigenvalue weighted by Crippen LogP contribution is 2.37. The van der Waals surface area contributed by atoms with Crippen molar-refractivity contribution in [3.05, 3.63) is 13.2 Å². The first-order valence-electron chi connectivity index (χ1n) is 7.91. The van der Waals surface area contributed by atoms with Crippen molar-refractivity contribution in [3.63, 3.8) is 0 Å². The van der Waals surface area contributed by atoms with Gasteiger partial charge < -0.3 is 10.4 Å². The number of hydrogen-bond acceptors (Lipinski definition) is 3. The molecule has 0 heterocycles. The molecule has 0 atom stereocenters. The number of aliphatic hydroxyl groups is 1. The van der Waals surface area contributed by atoms with Gasteiger partial charge >= 0.3 is 0 Å². The number of hydrogen-bond donors (Lipinski definition) is 2. The van der Waals surface area contributed by atoms with Crippen LogP contribution in [0, 0.1) is 10.8 Å². The predicted molar refractivity (Wildman–Crippen MR) is 107 cm³/mol. The molecule has 4 heteroatoms. The maximum Gasteiger partial charge on any atom is 0.0597 e. The molecule has 0 radical (unpaired) electrons. The van der Waals surface area contributed by atoms with Crippen LogP contribution in [0.2, 0.25) is 0 Å². The van der Waals surface area contributed by atoms with Crippen LogP contribution in [0.25, 0.3) is 0 Å². The molecule has 0 aliphatic carbocycles. The lowest BCUT2D eigenvalue weighted by Crippen LogP contribution is -2.41. The lowest BCUT2D eigenvalue weighted by molar-refractivity contribution is 0.0313. The molecule has 0 aliphatic rings. The van der Waals surface area contributed by atoms with Gasteiger partial charge in [0.15, 0.2) is 0 Å². The second kappa shape index (κ2) is 10.7. The topological polar surface area (TPSA) is 32.3 Å². The molecular formula is C19H42FNOS. The smallest absolute Gasteiger partial charge is 0.0597 e. The normalized spacial score (nSPS) is 13.0. The van der Waals surface area contributed by atoms with Crippen molar-refractivity contribution in [2.45, 2.75) is 86.0 Å². The fourth-order valence-electron chi connectivity index (χ4n) is 3.22. The van der Waals surface area contributed by atoms with Crippen LogP contribution in [0.1, 0.15) is 75.7 Å². The van der Waals surface area contributed by atoms with Crippen LogP contribution in [0.4, 0.5) is 3.89 Å². The van der Waals surface area contributed by atoms with Gasteiger partial charge in [0.25, 0.3) is 0 Å². The third-order valence-corrected chi connectivity index (χ3v) is 3.79. The zero-order chi connectivity index (χ0) is 18.2. The molecule has 0 unspecified atom stereocenters. The minimum absolute atomic E-state index is 0. The Morgan fingerprint density at radius 3 is 1.52 bits per heavy atom. The van der Waals surface area contributed by atoms with Gasteiger partial charge in [-0.2, -0.15) is 3.89 Å². The summed E-state index contributed by atoms with van der Waals surface area (Å²) in [5.41, 5.74) is -0.556. The predicted octanol–water partition coefficient (Wildman–Crippen LogP) is 6.01. The summed E-state index contributed by atoms with van der Waals surface area (Å²) in [7, 11) is 0. The van der Waals surface area contributed by atoms with Gasteiger partial charge in [-0.3, -0.25) is 0 Å². The summed E-state index contributed by atoms with van der Waals surface area (Å²) in [5.74, 6) is 0. The highest BCUT2D eigenvalue weighted by atomic mass is 32.2. The lowest BCUT2D eigenvalue weighted by atomic mass is 9.80. The third-order valence-electron chi connectivity index (χ3n) is 3.23. The van der Waals surface area contributed by atoms with Crippen molar-refractivity contribution >= 4 is 12.1 Å². The minimum Gasteiger partial charge on any atom is -0.390 e. The molecule has 0 rings (SSSR count). The molecule has 0 saturated carbocycles. The highest BCUT2D eigenvalue weighted by Gasteiger charge is 2.31. The van der Waals surface area contributed by atoms with Crippen LogP contribution in [-0.4, -0.2) is 28.5 Å². The number of halogens is 1. The molecule has 0 amide bonds. The van der Waals surface area contributed by atoms with E-state index < -0.39 is 5.60 Å². The number of nitrogens with one attached hydrogen (secondary N) is 1. The molecule has 23 heavy (non-hydrogen) atoms. The van der Waals surface area contributed by atoms with Crippen molar-refractivity contribution in [1.82, 2.24) is 5.32 Å². The summed E-state index contributed by atoms with van der Waals surface area (Å²) in [4.78, 5) is 0. The van der Waals surface area contributed by atoms with Crippen LogP contribution in [0.3, 0.4) is 0 Å². The van der Waals surface area contributed by atoms with Crippen LogP contribution < -0.4 is 5.32 Å². The molecule has 2 nitrogen and oxygen atoms in total. The van der Waals surface area contributed by atoms with E-state index >= 15 is 0 Å². The molecule has 142 valence electrons. The summed E-state index contributed by atoms with van der Waals surface area (Å²) in [5, 5.41) is 13.4. The Bertz CT molecular complexity index is 309. The molecule has 0 saturated heterocycles. The van der Waals surface area contributed by atoms with Gasteiger partial charge in [-0.15, -0.1) is 13.2 Å². The molecule has 0 aromatic carbocycles. The zero-order valence-corrected chi connectivity index (χ0v) is 16.8. The summed E-state index contributed by atoms with van der Waals surface area (Å²) in [6.45, 7) is 23.9. The summed E-state index contributed by atoms with van der Waals surface area (Å²) >= 11 is 0.440. The van der Waals surface area contributed by atoms with Crippen molar-refractivity contribution in [3.8, 4) is 0 Å². The van der Waals surface area contributed by atoms with Crippen molar-refractivity contribution in [2.24, 2.45) is 10.8 Å². The van der Waals surface area contributed by atoms with Gasteiger partial charge in [-0.1, -0.05) is 35.1 Å². The fourth-order valence-corrected chi connectivity index (χ4v) is 3.66.